The fourth-order valence-corrected chi connectivity index (χ4v) is 3.22. The molecule has 1 aliphatic heterocycles. The Morgan fingerprint density at radius 1 is 1.00 bits per heavy atom. The maximum absolute atomic E-state index is 12.7. The van der Waals surface area contributed by atoms with E-state index in [-0.39, 0.29) is 17.2 Å². The molecule has 2 aromatic carbocycles. The van der Waals surface area contributed by atoms with Gasteiger partial charge in [-0.05, 0) is 24.3 Å². The average Bonchev–Trinajstić information content (AvgIpc) is 2.69. The van der Waals surface area contributed by atoms with Gasteiger partial charge < -0.3 is 14.4 Å². The number of amides is 1. The summed E-state index contributed by atoms with van der Waals surface area (Å²) >= 11 is 6.06. The van der Waals surface area contributed by atoms with Crippen LogP contribution < -0.4 is 9.47 Å². The standard InChI is InChI=1S/C20H21ClF2N2O3/c21-16-6-2-4-8-18(16)27-14-13-24-9-11-25(12-10-24)19(26)15-5-1-3-7-17(15)28-20(22)23/h1-8,20H,9-14H2. The van der Waals surface area contributed by atoms with E-state index in [1.165, 1.54) is 12.1 Å². The molecule has 1 amide bonds. The molecule has 0 radical (unpaired) electrons. The molecule has 1 aliphatic rings. The highest BCUT2D eigenvalue weighted by molar-refractivity contribution is 6.32. The van der Waals surface area contributed by atoms with Gasteiger partial charge >= 0.3 is 6.61 Å². The van der Waals surface area contributed by atoms with E-state index in [0.717, 1.165) is 0 Å². The Hall–Kier alpha value is -2.38. The zero-order valence-corrected chi connectivity index (χ0v) is 15.9. The number of halogens is 3. The molecule has 28 heavy (non-hydrogen) atoms. The molecule has 0 atom stereocenters. The van der Waals surface area contributed by atoms with Gasteiger partial charge in [-0.2, -0.15) is 8.78 Å². The minimum absolute atomic E-state index is 0.0990. The highest BCUT2D eigenvalue weighted by Crippen LogP contribution is 2.24. The van der Waals surface area contributed by atoms with Gasteiger partial charge in [0.1, 0.15) is 18.1 Å². The fraction of sp³-hybridized carbons (Fsp3) is 0.350. The number of carbonyl (C=O) groups excluding carboxylic acids is 1. The zero-order valence-electron chi connectivity index (χ0n) is 15.2. The summed E-state index contributed by atoms with van der Waals surface area (Å²) in [6, 6.07) is 13.4. The summed E-state index contributed by atoms with van der Waals surface area (Å²) in [7, 11) is 0. The fourth-order valence-electron chi connectivity index (χ4n) is 3.03. The molecule has 0 unspecified atom stereocenters. The van der Waals surface area contributed by atoms with Crippen LogP contribution in [0.3, 0.4) is 0 Å². The number of alkyl halides is 2. The molecule has 1 saturated heterocycles. The summed E-state index contributed by atoms with van der Waals surface area (Å²) in [6.07, 6.45) is 0. The van der Waals surface area contributed by atoms with E-state index in [0.29, 0.717) is 50.1 Å². The average molecular weight is 411 g/mol. The molecule has 0 saturated carbocycles. The molecule has 0 spiro atoms. The minimum atomic E-state index is -2.97. The van der Waals surface area contributed by atoms with E-state index < -0.39 is 6.61 Å². The van der Waals surface area contributed by atoms with Crippen LogP contribution in [0.2, 0.25) is 5.02 Å². The molecule has 0 N–H and O–H groups in total. The summed E-state index contributed by atoms with van der Waals surface area (Å²) < 4.78 is 35.3. The quantitative estimate of drug-likeness (QED) is 0.696. The molecule has 1 fully saturated rings. The molecule has 5 nitrogen and oxygen atoms in total. The van der Waals surface area contributed by atoms with Crippen molar-refractivity contribution in [2.24, 2.45) is 0 Å². The van der Waals surface area contributed by atoms with Crippen LogP contribution in [0.4, 0.5) is 8.78 Å². The van der Waals surface area contributed by atoms with E-state index in [2.05, 4.69) is 9.64 Å². The minimum Gasteiger partial charge on any atom is -0.491 e. The van der Waals surface area contributed by atoms with Crippen molar-refractivity contribution < 1.29 is 23.0 Å². The second kappa shape index (κ2) is 9.71. The Bertz CT molecular complexity index is 799. The Labute approximate surface area is 167 Å². The Morgan fingerprint density at radius 3 is 2.32 bits per heavy atom. The number of rotatable bonds is 7. The first-order chi connectivity index (χ1) is 13.5. The van der Waals surface area contributed by atoms with Gasteiger partial charge in [0.25, 0.3) is 5.91 Å². The van der Waals surface area contributed by atoms with Crippen LogP contribution in [0.5, 0.6) is 11.5 Å². The Balaban J connectivity index is 1.49. The highest BCUT2D eigenvalue weighted by Gasteiger charge is 2.25. The van der Waals surface area contributed by atoms with Gasteiger partial charge in [-0.3, -0.25) is 9.69 Å². The van der Waals surface area contributed by atoms with Crippen molar-refractivity contribution in [3.05, 3.63) is 59.1 Å². The summed E-state index contributed by atoms with van der Waals surface area (Å²) in [5.41, 5.74) is 0.151. The lowest BCUT2D eigenvalue weighted by molar-refractivity contribution is -0.0503. The van der Waals surface area contributed by atoms with Gasteiger partial charge in [-0.25, -0.2) is 0 Å². The molecular formula is C20H21ClF2N2O3. The predicted octanol–water partition coefficient (Wildman–Crippen LogP) is 3.78. The third-order valence-electron chi connectivity index (χ3n) is 4.49. The SMILES string of the molecule is O=C(c1ccccc1OC(F)F)N1CCN(CCOc2ccccc2Cl)CC1. The molecule has 0 aromatic heterocycles. The van der Waals surface area contributed by atoms with Gasteiger partial charge in [0.05, 0.1) is 10.6 Å². The van der Waals surface area contributed by atoms with Gasteiger partial charge in [0, 0.05) is 32.7 Å². The second-order valence-corrected chi connectivity index (χ2v) is 6.69. The monoisotopic (exact) mass is 410 g/mol. The van der Waals surface area contributed by atoms with E-state index in [9.17, 15) is 13.6 Å². The first-order valence-electron chi connectivity index (χ1n) is 8.97. The molecular weight excluding hydrogens is 390 g/mol. The summed E-state index contributed by atoms with van der Waals surface area (Å²) in [5.74, 6) is 0.245. The van der Waals surface area contributed by atoms with Crippen LogP contribution in [0.15, 0.2) is 48.5 Å². The lowest BCUT2D eigenvalue weighted by Gasteiger charge is -2.34. The van der Waals surface area contributed by atoms with Crippen LogP contribution in [0.1, 0.15) is 10.4 Å². The van der Waals surface area contributed by atoms with Gasteiger partial charge in [-0.15, -0.1) is 0 Å². The van der Waals surface area contributed by atoms with Crippen molar-refractivity contribution in [1.29, 1.82) is 0 Å². The van der Waals surface area contributed by atoms with Crippen molar-refractivity contribution in [2.75, 3.05) is 39.3 Å². The van der Waals surface area contributed by atoms with Crippen LogP contribution >= 0.6 is 11.6 Å². The van der Waals surface area contributed by atoms with E-state index in [1.807, 2.05) is 18.2 Å². The number of hydrogen-bond donors (Lipinski definition) is 0. The summed E-state index contributed by atoms with van der Waals surface area (Å²) in [4.78, 5) is 16.5. The van der Waals surface area contributed by atoms with Gasteiger partial charge in [-0.1, -0.05) is 35.9 Å². The zero-order chi connectivity index (χ0) is 19.9. The predicted molar refractivity (Wildman–Crippen MR) is 102 cm³/mol. The number of piperazine rings is 1. The largest absolute Gasteiger partial charge is 0.491 e. The maximum Gasteiger partial charge on any atom is 0.387 e. The molecule has 8 heteroatoms. The smallest absolute Gasteiger partial charge is 0.387 e. The first kappa shape index (κ1) is 20.4. The number of hydrogen-bond acceptors (Lipinski definition) is 4. The molecule has 0 aliphatic carbocycles. The van der Waals surface area contributed by atoms with Crippen molar-refractivity contribution >= 4 is 17.5 Å². The van der Waals surface area contributed by atoms with Crippen LogP contribution in [0, 0.1) is 0 Å². The second-order valence-electron chi connectivity index (χ2n) is 6.29. The van der Waals surface area contributed by atoms with Crippen LogP contribution in [-0.2, 0) is 0 Å². The van der Waals surface area contributed by atoms with Gasteiger partial charge in [0.2, 0.25) is 0 Å². The number of benzene rings is 2. The van der Waals surface area contributed by atoms with E-state index >= 15 is 0 Å². The highest BCUT2D eigenvalue weighted by atomic mass is 35.5. The topological polar surface area (TPSA) is 42.0 Å². The summed E-state index contributed by atoms with van der Waals surface area (Å²) in [6.45, 7) is 0.595. The molecule has 150 valence electrons. The van der Waals surface area contributed by atoms with Gasteiger partial charge in [0.15, 0.2) is 0 Å². The number of carbonyl (C=O) groups is 1. The molecule has 3 rings (SSSR count). The number of ether oxygens (including phenoxy) is 2. The lowest BCUT2D eigenvalue weighted by atomic mass is 10.1. The van der Waals surface area contributed by atoms with Crippen LogP contribution in [0.25, 0.3) is 0 Å². The first-order valence-corrected chi connectivity index (χ1v) is 9.35. The van der Waals surface area contributed by atoms with Crippen molar-refractivity contribution in [3.8, 4) is 11.5 Å². The van der Waals surface area contributed by atoms with Crippen molar-refractivity contribution in [2.45, 2.75) is 6.61 Å². The van der Waals surface area contributed by atoms with Crippen LogP contribution in [-0.4, -0.2) is 61.6 Å². The number of nitrogens with zero attached hydrogens (tertiary/aromatic N) is 2. The van der Waals surface area contributed by atoms with Crippen molar-refractivity contribution in [3.63, 3.8) is 0 Å². The van der Waals surface area contributed by atoms with E-state index in [1.54, 1.807) is 23.1 Å². The Morgan fingerprint density at radius 2 is 1.64 bits per heavy atom. The number of para-hydroxylation sites is 2. The van der Waals surface area contributed by atoms with Crippen molar-refractivity contribution in [1.82, 2.24) is 9.80 Å². The summed E-state index contributed by atoms with van der Waals surface area (Å²) in [5, 5.41) is 0.572. The molecule has 2 aromatic rings. The maximum atomic E-state index is 12.7. The third kappa shape index (κ3) is 5.33. The third-order valence-corrected chi connectivity index (χ3v) is 4.81. The Kier molecular flexibility index (Phi) is 7.06. The lowest BCUT2D eigenvalue weighted by Crippen LogP contribution is -2.49. The molecule has 0 bridgehead atoms. The normalized spacial score (nSPS) is 14.9. The molecule has 1 heterocycles. The van der Waals surface area contributed by atoms with E-state index in [4.69, 9.17) is 16.3 Å².